The summed E-state index contributed by atoms with van der Waals surface area (Å²) in [6.07, 6.45) is 4.68. The minimum Gasteiger partial charge on any atom is -0.298 e. The quantitative estimate of drug-likeness (QED) is 0.703. The fraction of sp³-hybridized carbons (Fsp3) is 0.455. The van der Waals surface area contributed by atoms with Gasteiger partial charge in [0, 0.05) is 25.5 Å². The maximum atomic E-state index is 8.76. The third-order valence-electron chi connectivity index (χ3n) is 2.58. The van der Waals surface area contributed by atoms with E-state index in [-0.39, 0.29) is 5.92 Å². The van der Waals surface area contributed by atoms with E-state index in [9.17, 15) is 0 Å². The van der Waals surface area contributed by atoms with Gasteiger partial charge in [-0.2, -0.15) is 5.26 Å². The Balaban J connectivity index is 1.91. The molecule has 3 heteroatoms. The van der Waals surface area contributed by atoms with Gasteiger partial charge < -0.3 is 0 Å². The molecule has 1 fully saturated rings. The summed E-state index contributed by atoms with van der Waals surface area (Å²) in [5.74, 6) is 0.228. The number of pyridine rings is 1. The molecule has 0 aromatic carbocycles. The summed E-state index contributed by atoms with van der Waals surface area (Å²) in [5, 5.41) is 8.76. The van der Waals surface area contributed by atoms with Crippen molar-refractivity contribution in [2.45, 2.75) is 13.0 Å². The molecule has 72 valence electrons. The maximum Gasteiger partial charge on any atom is 0.0669 e. The van der Waals surface area contributed by atoms with Crippen molar-refractivity contribution in [1.82, 2.24) is 9.88 Å². The molecule has 0 N–H and O–H groups in total. The zero-order valence-electron chi connectivity index (χ0n) is 8.06. The molecule has 0 aliphatic carbocycles. The zero-order valence-corrected chi connectivity index (χ0v) is 8.06. The first-order valence-electron chi connectivity index (χ1n) is 4.89. The first-order valence-corrected chi connectivity index (χ1v) is 4.89. The monoisotopic (exact) mass is 187 g/mol. The fourth-order valence-corrected chi connectivity index (χ4v) is 1.83. The van der Waals surface area contributed by atoms with Gasteiger partial charge >= 0.3 is 0 Å². The smallest absolute Gasteiger partial charge is 0.0669 e. The SMILES string of the molecule is N#CC1CCN(Cc2cccnc2)C1. The minimum absolute atomic E-state index is 0.228. The largest absolute Gasteiger partial charge is 0.298 e. The molecule has 1 saturated heterocycles. The van der Waals surface area contributed by atoms with Gasteiger partial charge in [0.1, 0.15) is 0 Å². The Bertz CT molecular complexity index is 328. The lowest BCUT2D eigenvalue weighted by Crippen LogP contribution is -2.19. The predicted octanol–water partition coefficient (Wildman–Crippen LogP) is 1.43. The second kappa shape index (κ2) is 4.21. The molecule has 0 radical (unpaired) electrons. The molecule has 2 rings (SSSR count). The van der Waals surface area contributed by atoms with Gasteiger partial charge in [-0.25, -0.2) is 0 Å². The second-order valence-corrected chi connectivity index (χ2v) is 3.71. The van der Waals surface area contributed by atoms with Crippen molar-refractivity contribution < 1.29 is 0 Å². The van der Waals surface area contributed by atoms with Crippen molar-refractivity contribution in [2.24, 2.45) is 5.92 Å². The molecule has 0 amide bonds. The number of nitriles is 1. The molecule has 1 aromatic heterocycles. The summed E-state index contributed by atoms with van der Waals surface area (Å²) in [6.45, 7) is 2.87. The summed E-state index contributed by atoms with van der Waals surface area (Å²) in [4.78, 5) is 6.38. The van der Waals surface area contributed by atoms with Crippen LogP contribution in [0.4, 0.5) is 0 Å². The highest BCUT2D eigenvalue weighted by Gasteiger charge is 2.21. The van der Waals surface area contributed by atoms with Crippen molar-refractivity contribution in [3.8, 4) is 6.07 Å². The number of hydrogen-bond donors (Lipinski definition) is 0. The third kappa shape index (κ3) is 2.09. The average molecular weight is 187 g/mol. The fourth-order valence-electron chi connectivity index (χ4n) is 1.83. The summed E-state index contributed by atoms with van der Waals surface area (Å²) < 4.78 is 0. The molecule has 1 atom stereocenters. The summed E-state index contributed by atoms with van der Waals surface area (Å²) in [5.41, 5.74) is 1.23. The Hall–Kier alpha value is -1.40. The topological polar surface area (TPSA) is 39.9 Å². The van der Waals surface area contributed by atoms with Crippen LogP contribution in [0.5, 0.6) is 0 Å². The van der Waals surface area contributed by atoms with Crippen LogP contribution in [0, 0.1) is 17.2 Å². The highest BCUT2D eigenvalue weighted by molar-refractivity contribution is 5.08. The van der Waals surface area contributed by atoms with E-state index >= 15 is 0 Å². The summed E-state index contributed by atoms with van der Waals surface area (Å²) in [7, 11) is 0. The van der Waals surface area contributed by atoms with Gasteiger partial charge in [-0.05, 0) is 24.6 Å². The van der Waals surface area contributed by atoms with Crippen molar-refractivity contribution in [3.63, 3.8) is 0 Å². The third-order valence-corrected chi connectivity index (χ3v) is 2.58. The number of hydrogen-bond acceptors (Lipinski definition) is 3. The first-order chi connectivity index (χ1) is 6.88. The average Bonchev–Trinajstić information content (AvgIpc) is 2.67. The first kappa shape index (κ1) is 9.17. The molecule has 3 nitrogen and oxygen atoms in total. The van der Waals surface area contributed by atoms with Gasteiger partial charge in [-0.1, -0.05) is 6.07 Å². The van der Waals surface area contributed by atoms with Gasteiger partial charge in [0.2, 0.25) is 0 Å². The molecule has 2 heterocycles. The summed E-state index contributed by atoms with van der Waals surface area (Å²) >= 11 is 0. The van der Waals surface area contributed by atoms with Crippen LogP contribution >= 0.6 is 0 Å². The Labute approximate surface area is 84.0 Å². The van der Waals surface area contributed by atoms with Crippen LogP contribution < -0.4 is 0 Å². The van der Waals surface area contributed by atoms with Crippen molar-refractivity contribution in [3.05, 3.63) is 30.1 Å². The Kier molecular flexibility index (Phi) is 2.76. The normalized spacial score (nSPS) is 22.1. The van der Waals surface area contributed by atoms with Crippen LogP contribution in [-0.4, -0.2) is 23.0 Å². The zero-order chi connectivity index (χ0) is 9.80. The van der Waals surface area contributed by atoms with Gasteiger partial charge in [-0.15, -0.1) is 0 Å². The van der Waals surface area contributed by atoms with Gasteiger partial charge in [0.05, 0.1) is 12.0 Å². The van der Waals surface area contributed by atoms with E-state index in [0.717, 1.165) is 26.1 Å². The van der Waals surface area contributed by atoms with Gasteiger partial charge in [0.25, 0.3) is 0 Å². The van der Waals surface area contributed by atoms with Crippen LogP contribution in [-0.2, 0) is 6.54 Å². The highest BCUT2D eigenvalue weighted by atomic mass is 15.1. The lowest BCUT2D eigenvalue weighted by atomic mass is 10.1. The predicted molar refractivity (Wildman–Crippen MR) is 53.2 cm³/mol. The maximum absolute atomic E-state index is 8.76. The van der Waals surface area contributed by atoms with E-state index in [1.807, 2.05) is 12.3 Å². The van der Waals surface area contributed by atoms with E-state index in [1.165, 1.54) is 5.56 Å². The number of likely N-dealkylation sites (tertiary alicyclic amines) is 1. The Morgan fingerprint density at radius 3 is 3.21 bits per heavy atom. The van der Waals surface area contributed by atoms with E-state index in [0.29, 0.717) is 0 Å². The van der Waals surface area contributed by atoms with Crippen LogP contribution in [0.1, 0.15) is 12.0 Å². The Morgan fingerprint density at radius 2 is 2.57 bits per heavy atom. The van der Waals surface area contributed by atoms with Crippen LogP contribution in [0.2, 0.25) is 0 Å². The molecule has 0 bridgehead atoms. The van der Waals surface area contributed by atoms with Crippen molar-refractivity contribution in [2.75, 3.05) is 13.1 Å². The van der Waals surface area contributed by atoms with Crippen LogP contribution in [0.3, 0.4) is 0 Å². The van der Waals surface area contributed by atoms with Gasteiger partial charge in [0.15, 0.2) is 0 Å². The molecular formula is C11H13N3. The number of aromatic nitrogens is 1. The number of rotatable bonds is 2. The number of nitrogens with zero attached hydrogens (tertiary/aromatic N) is 3. The van der Waals surface area contributed by atoms with Gasteiger partial charge in [-0.3, -0.25) is 9.88 Å². The van der Waals surface area contributed by atoms with E-state index < -0.39 is 0 Å². The van der Waals surface area contributed by atoms with Crippen molar-refractivity contribution in [1.29, 1.82) is 5.26 Å². The van der Waals surface area contributed by atoms with E-state index in [2.05, 4.69) is 22.0 Å². The van der Waals surface area contributed by atoms with Crippen molar-refractivity contribution >= 4 is 0 Å². The molecule has 0 saturated carbocycles. The second-order valence-electron chi connectivity index (χ2n) is 3.71. The lowest BCUT2D eigenvalue weighted by molar-refractivity contribution is 0.324. The molecule has 14 heavy (non-hydrogen) atoms. The van der Waals surface area contributed by atoms with Crippen LogP contribution in [0.15, 0.2) is 24.5 Å². The lowest BCUT2D eigenvalue weighted by Gasteiger charge is -2.13. The highest BCUT2D eigenvalue weighted by Crippen LogP contribution is 2.17. The van der Waals surface area contributed by atoms with E-state index in [4.69, 9.17) is 5.26 Å². The molecular weight excluding hydrogens is 174 g/mol. The van der Waals surface area contributed by atoms with E-state index in [1.54, 1.807) is 6.20 Å². The molecule has 0 spiro atoms. The minimum atomic E-state index is 0.228. The molecule has 1 aromatic rings. The standard InChI is InChI=1S/C11H13N3/c12-6-10-3-5-14(8-10)9-11-2-1-4-13-7-11/h1-2,4,7,10H,3,5,8-9H2. The Morgan fingerprint density at radius 1 is 1.64 bits per heavy atom. The summed E-state index contributed by atoms with van der Waals surface area (Å²) in [6, 6.07) is 6.35. The molecule has 1 aliphatic heterocycles. The van der Waals surface area contributed by atoms with Crippen LogP contribution in [0.25, 0.3) is 0 Å². The molecule has 1 aliphatic rings. The molecule has 1 unspecified atom stereocenters.